The van der Waals surface area contributed by atoms with Crippen molar-refractivity contribution in [3.8, 4) is 0 Å². The number of hydrogen-bond donors (Lipinski definition) is 1. The fraction of sp³-hybridized carbons (Fsp3) is 0.467. The maximum Gasteiger partial charge on any atom is 0.251 e. The van der Waals surface area contributed by atoms with Gasteiger partial charge in [-0.25, -0.2) is 0 Å². The molecule has 114 valence electrons. The van der Waals surface area contributed by atoms with Crippen molar-refractivity contribution in [3.63, 3.8) is 0 Å². The summed E-state index contributed by atoms with van der Waals surface area (Å²) in [5.74, 6) is 0.303. The number of carbonyl (C=O) groups is 2. The quantitative estimate of drug-likeness (QED) is 0.837. The van der Waals surface area contributed by atoms with Crippen molar-refractivity contribution in [2.24, 2.45) is 0 Å². The summed E-state index contributed by atoms with van der Waals surface area (Å²) in [7, 11) is 0. The smallest absolute Gasteiger partial charge is 0.251 e. The molecule has 1 N–H and O–H groups in total. The fourth-order valence-corrected chi connectivity index (χ4v) is 2.28. The molecule has 1 fully saturated rings. The molecule has 0 aliphatic carbocycles. The van der Waals surface area contributed by atoms with E-state index in [1.54, 1.807) is 17.0 Å². The SMILES string of the molecule is O=C(NCCC(=O)N1CCOCC1)c1ccc(CCl)cc1. The molecule has 21 heavy (non-hydrogen) atoms. The summed E-state index contributed by atoms with van der Waals surface area (Å²) in [6, 6.07) is 7.11. The van der Waals surface area contributed by atoms with E-state index in [0.29, 0.717) is 50.7 Å². The highest BCUT2D eigenvalue weighted by molar-refractivity contribution is 6.17. The van der Waals surface area contributed by atoms with Crippen molar-refractivity contribution in [1.82, 2.24) is 10.2 Å². The highest BCUT2D eigenvalue weighted by Crippen LogP contribution is 2.07. The first-order chi connectivity index (χ1) is 10.2. The lowest BCUT2D eigenvalue weighted by atomic mass is 10.1. The summed E-state index contributed by atoms with van der Waals surface area (Å²) in [5, 5.41) is 2.76. The van der Waals surface area contributed by atoms with Crippen LogP contribution in [0.15, 0.2) is 24.3 Å². The Morgan fingerprint density at radius 2 is 1.86 bits per heavy atom. The van der Waals surface area contributed by atoms with Gasteiger partial charge in [0.15, 0.2) is 0 Å². The molecule has 0 saturated carbocycles. The largest absolute Gasteiger partial charge is 0.378 e. The third kappa shape index (κ3) is 4.72. The Balaban J connectivity index is 1.74. The van der Waals surface area contributed by atoms with Gasteiger partial charge in [0.2, 0.25) is 5.91 Å². The average molecular weight is 311 g/mol. The number of carbonyl (C=O) groups excluding carboxylic acids is 2. The number of morpholine rings is 1. The molecule has 0 spiro atoms. The number of hydrogen-bond acceptors (Lipinski definition) is 3. The summed E-state index contributed by atoms with van der Waals surface area (Å²) in [4.78, 5) is 25.6. The van der Waals surface area contributed by atoms with Gasteiger partial charge in [0.1, 0.15) is 0 Å². The molecule has 6 heteroatoms. The van der Waals surface area contributed by atoms with Crippen molar-refractivity contribution >= 4 is 23.4 Å². The lowest BCUT2D eigenvalue weighted by Gasteiger charge is -2.26. The molecule has 0 aromatic heterocycles. The number of halogens is 1. The van der Waals surface area contributed by atoms with Gasteiger partial charge >= 0.3 is 0 Å². The molecule has 1 saturated heterocycles. The second-order valence-electron chi connectivity index (χ2n) is 4.83. The van der Waals surface area contributed by atoms with Gasteiger partial charge in [-0.1, -0.05) is 12.1 Å². The van der Waals surface area contributed by atoms with Crippen LogP contribution in [0.4, 0.5) is 0 Å². The summed E-state index contributed by atoms with van der Waals surface area (Å²) < 4.78 is 5.20. The number of alkyl halides is 1. The van der Waals surface area contributed by atoms with E-state index in [1.807, 2.05) is 12.1 Å². The Bertz CT molecular complexity index is 484. The zero-order valence-corrected chi connectivity index (χ0v) is 12.6. The van der Waals surface area contributed by atoms with Crippen molar-refractivity contribution in [1.29, 1.82) is 0 Å². The molecule has 0 atom stereocenters. The summed E-state index contributed by atoms with van der Waals surface area (Å²) in [6.07, 6.45) is 0.311. The third-order valence-electron chi connectivity index (χ3n) is 3.36. The number of nitrogens with zero attached hydrogens (tertiary/aromatic N) is 1. The van der Waals surface area contributed by atoms with E-state index in [1.165, 1.54) is 0 Å². The van der Waals surface area contributed by atoms with Crippen LogP contribution in [-0.2, 0) is 15.4 Å². The van der Waals surface area contributed by atoms with Crippen LogP contribution in [0.3, 0.4) is 0 Å². The summed E-state index contributed by atoms with van der Waals surface area (Å²) in [5.41, 5.74) is 1.54. The number of rotatable bonds is 5. The highest BCUT2D eigenvalue weighted by Gasteiger charge is 2.16. The van der Waals surface area contributed by atoms with Crippen LogP contribution in [0.1, 0.15) is 22.3 Å². The Labute approximate surface area is 129 Å². The summed E-state index contributed by atoms with van der Waals surface area (Å²) >= 11 is 5.70. The predicted molar refractivity (Wildman–Crippen MR) is 80.3 cm³/mol. The van der Waals surface area contributed by atoms with Crippen LogP contribution < -0.4 is 5.32 Å². The lowest BCUT2D eigenvalue weighted by molar-refractivity contribution is -0.135. The Morgan fingerprint density at radius 3 is 2.48 bits per heavy atom. The zero-order chi connectivity index (χ0) is 15.1. The van der Waals surface area contributed by atoms with E-state index < -0.39 is 0 Å². The molecule has 0 radical (unpaired) electrons. The fourth-order valence-electron chi connectivity index (χ4n) is 2.10. The van der Waals surface area contributed by atoms with Gasteiger partial charge in [0.25, 0.3) is 5.91 Å². The first-order valence-corrected chi connectivity index (χ1v) is 7.53. The van der Waals surface area contributed by atoms with Gasteiger partial charge in [-0.3, -0.25) is 9.59 Å². The Hall–Kier alpha value is -1.59. The molecule has 1 aromatic rings. The minimum atomic E-state index is -0.175. The van der Waals surface area contributed by atoms with Crippen LogP contribution in [0, 0.1) is 0 Å². The lowest BCUT2D eigenvalue weighted by Crippen LogP contribution is -2.42. The van der Waals surface area contributed by atoms with Gasteiger partial charge in [-0.15, -0.1) is 11.6 Å². The van der Waals surface area contributed by atoms with Crippen molar-refractivity contribution in [2.75, 3.05) is 32.8 Å². The second-order valence-corrected chi connectivity index (χ2v) is 5.10. The van der Waals surface area contributed by atoms with Crippen LogP contribution >= 0.6 is 11.6 Å². The molecule has 2 rings (SSSR count). The van der Waals surface area contributed by atoms with Gasteiger partial charge in [-0.05, 0) is 17.7 Å². The molecule has 0 bridgehead atoms. The van der Waals surface area contributed by atoms with Gasteiger partial charge in [0, 0.05) is 37.5 Å². The normalized spacial score (nSPS) is 14.8. The second kappa shape index (κ2) is 8.00. The minimum absolute atomic E-state index is 0.0519. The minimum Gasteiger partial charge on any atom is -0.378 e. The molecule has 1 heterocycles. The molecular formula is C15H19ClN2O3. The highest BCUT2D eigenvalue weighted by atomic mass is 35.5. The van der Waals surface area contributed by atoms with Gasteiger partial charge < -0.3 is 15.0 Å². The first-order valence-electron chi connectivity index (χ1n) is 6.99. The standard InChI is InChI=1S/C15H19ClN2O3/c16-11-12-1-3-13(4-2-12)15(20)17-6-5-14(19)18-7-9-21-10-8-18/h1-4H,5-11H2,(H,17,20). The maximum absolute atomic E-state index is 11.9. The number of amides is 2. The van der Waals surface area contributed by atoms with E-state index in [-0.39, 0.29) is 11.8 Å². The van der Waals surface area contributed by atoms with Crippen LogP contribution in [0.25, 0.3) is 0 Å². The maximum atomic E-state index is 11.9. The van der Waals surface area contributed by atoms with Crippen molar-refractivity contribution in [2.45, 2.75) is 12.3 Å². The Kier molecular flexibility index (Phi) is 6.02. The molecular weight excluding hydrogens is 292 g/mol. The molecule has 1 aromatic carbocycles. The van der Waals surface area contributed by atoms with Gasteiger partial charge in [-0.2, -0.15) is 0 Å². The third-order valence-corrected chi connectivity index (χ3v) is 3.67. The van der Waals surface area contributed by atoms with Crippen molar-refractivity contribution < 1.29 is 14.3 Å². The number of nitrogens with one attached hydrogen (secondary N) is 1. The molecule has 1 aliphatic rings. The predicted octanol–water partition coefficient (Wildman–Crippen LogP) is 1.40. The Morgan fingerprint density at radius 1 is 1.19 bits per heavy atom. The zero-order valence-electron chi connectivity index (χ0n) is 11.8. The first kappa shape index (κ1) is 15.8. The van der Waals surface area contributed by atoms with E-state index >= 15 is 0 Å². The molecule has 2 amide bonds. The van der Waals surface area contributed by atoms with E-state index in [4.69, 9.17) is 16.3 Å². The van der Waals surface area contributed by atoms with Crippen LogP contribution in [-0.4, -0.2) is 49.6 Å². The topological polar surface area (TPSA) is 58.6 Å². The molecule has 5 nitrogen and oxygen atoms in total. The monoisotopic (exact) mass is 310 g/mol. The van der Waals surface area contributed by atoms with Crippen LogP contribution in [0.5, 0.6) is 0 Å². The van der Waals surface area contributed by atoms with E-state index in [9.17, 15) is 9.59 Å². The average Bonchev–Trinajstić information content (AvgIpc) is 2.55. The van der Waals surface area contributed by atoms with Crippen LogP contribution in [0.2, 0.25) is 0 Å². The number of benzene rings is 1. The number of ether oxygens (including phenoxy) is 1. The molecule has 0 unspecified atom stereocenters. The summed E-state index contributed by atoms with van der Waals surface area (Å²) in [6.45, 7) is 2.78. The van der Waals surface area contributed by atoms with Gasteiger partial charge in [0.05, 0.1) is 13.2 Å². The van der Waals surface area contributed by atoms with E-state index in [2.05, 4.69) is 5.32 Å². The van der Waals surface area contributed by atoms with Crippen molar-refractivity contribution in [3.05, 3.63) is 35.4 Å². The van der Waals surface area contributed by atoms with E-state index in [0.717, 1.165) is 5.56 Å². The molecule has 1 aliphatic heterocycles.